The van der Waals surface area contributed by atoms with Crippen LogP contribution in [0.25, 0.3) is 10.4 Å². The number of aryl methyl sites for hydroxylation is 1. The molecule has 0 radical (unpaired) electrons. The fraction of sp³-hybridized carbons (Fsp3) is 0.385. The van der Waals surface area contributed by atoms with E-state index in [-0.39, 0.29) is 12.5 Å². The smallest absolute Gasteiger partial charge is 0.274 e. The van der Waals surface area contributed by atoms with Gasteiger partial charge in [-0.15, -0.1) is 0 Å². The van der Waals surface area contributed by atoms with Gasteiger partial charge in [-0.1, -0.05) is 47.2 Å². The van der Waals surface area contributed by atoms with Gasteiger partial charge in [-0.3, -0.25) is 4.79 Å². The van der Waals surface area contributed by atoms with Crippen LogP contribution in [0.5, 0.6) is 16.7 Å². The largest absolute Gasteiger partial charge is 0.493 e. The Morgan fingerprint density at radius 2 is 1.88 bits per heavy atom. The summed E-state index contributed by atoms with van der Waals surface area (Å²) < 4.78 is 16.0. The number of hydrogen-bond acceptors (Lipinski definition) is 7. The van der Waals surface area contributed by atoms with Crippen LogP contribution in [0.4, 0.5) is 0 Å². The van der Waals surface area contributed by atoms with Crippen LogP contribution >= 0.6 is 11.3 Å². The Hall–Kier alpha value is -3.10. The Kier molecular flexibility index (Phi) is 7.38. The molecule has 1 aliphatic rings. The van der Waals surface area contributed by atoms with Gasteiger partial charge in [0, 0.05) is 6.54 Å². The van der Waals surface area contributed by atoms with Gasteiger partial charge in [0.2, 0.25) is 0 Å². The molecule has 1 amide bonds. The molecule has 8 heteroatoms. The van der Waals surface area contributed by atoms with Crippen molar-refractivity contribution < 1.29 is 24.1 Å². The van der Waals surface area contributed by atoms with Gasteiger partial charge >= 0.3 is 0 Å². The number of hydrogen-bond donors (Lipinski definition) is 1. The molecule has 180 valence electrons. The number of aliphatic hydroxyl groups is 1. The fourth-order valence-corrected chi connectivity index (χ4v) is 4.76. The van der Waals surface area contributed by atoms with E-state index in [0.29, 0.717) is 40.4 Å². The highest BCUT2D eigenvalue weighted by atomic mass is 32.1. The normalized spacial score (nSPS) is 13.9. The molecule has 1 aliphatic carbocycles. The topological polar surface area (TPSA) is 81.1 Å². The minimum atomic E-state index is -0.884. The summed E-state index contributed by atoms with van der Waals surface area (Å²) >= 11 is 1.35. The van der Waals surface area contributed by atoms with E-state index in [9.17, 15) is 9.90 Å². The predicted molar refractivity (Wildman–Crippen MR) is 132 cm³/mol. The summed E-state index contributed by atoms with van der Waals surface area (Å²) in [4.78, 5) is 20.8. The van der Waals surface area contributed by atoms with Gasteiger partial charge in [0.15, 0.2) is 17.2 Å². The Labute approximate surface area is 203 Å². The number of benzene rings is 2. The molecule has 3 aromatic rings. The lowest BCUT2D eigenvalue weighted by molar-refractivity contribution is 0.0606. The van der Waals surface area contributed by atoms with Crippen LogP contribution in [0.15, 0.2) is 42.5 Å². The molecule has 2 aromatic carbocycles. The van der Waals surface area contributed by atoms with E-state index in [2.05, 4.69) is 4.98 Å². The second kappa shape index (κ2) is 10.4. The second-order valence-corrected chi connectivity index (χ2v) is 9.48. The number of methoxy groups -OCH3 is 3. The van der Waals surface area contributed by atoms with Crippen LogP contribution in [0.1, 0.15) is 40.6 Å². The third-order valence-electron chi connectivity index (χ3n) is 5.91. The average molecular weight is 483 g/mol. The van der Waals surface area contributed by atoms with E-state index in [1.807, 2.05) is 31.2 Å². The summed E-state index contributed by atoms with van der Waals surface area (Å²) in [5.74, 6) is 1.36. The summed E-state index contributed by atoms with van der Waals surface area (Å²) in [6.07, 6.45) is 1.29. The molecule has 1 heterocycles. The molecular weight excluding hydrogens is 452 g/mol. The molecule has 0 spiro atoms. The van der Waals surface area contributed by atoms with Crippen LogP contribution in [0.2, 0.25) is 0 Å². The molecule has 7 nitrogen and oxygen atoms in total. The van der Waals surface area contributed by atoms with Gasteiger partial charge < -0.3 is 24.2 Å². The first kappa shape index (κ1) is 24.0. The standard InChI is InChI=1S/C26H30N2O5S/c1-16-6-5-7-19(12-16)24-23(27-26(33-4)34-24)25(30)28(14-17-8-9-17)15-20(29)18-10-11-21(31-2)22(13-18)32-3/h5-7,10-13,17,20,29H,8-9,14-15H2,1-4H3. The summed E-state index contributed by atoms with van der Waals surface area (Å²) in [5, 5.41) is 11.5. The number of rotatable bonds is 10. The first-order valence-electron chi connectivity index (χ1n) is 11.2. The molecule has 1 fully saturated rings. The van der Waals surface area contributed by atoms with Gasteiger partial charge in [-0.25, -0.2) is 0 Å². The Morgan fingerprint density at radius 1 is 1.12 bits per heavy atom. The van der Waals surface area contributed by atoms with Crippen molar-refractivity contribution in [3.8, 4) is 27.1 Å². The number of nitrogens with zero attached hydrogens (tertiary/aromatic N) is 2. The van der Waals surface area contributed by atoms with Crippen molar-refractivity contribution in [3.05, 3.63) is 59.3 Å². The maximum absolute atomic E-state index is 13.8. The van der Waals surface area contributed by atoms with Crippen molar-refractivity contribution in [1.82, 2.24) is 9.88 Å². The minimum Gasteiger partial charge on any atom is -0.493 e. The van der Waals surface area contributed by atoms with E-state index in [1.54, 1.807) is 44.4 Å². The second-order valence-electron chi connectivity index (χ2n) is 8.51. The van der Waals surface area contributed by atoms with Crippen molar-refractivity contribution in [2.75, 3.05) is 34.4 Å². The lowest BCUT2D eigenvalue weighted by atomic mass is 10.1. The Morgan fingerprint density at radius 3 is 2.53 bits per heavy atom. The highest BCUT2D eigenvalue weighted by molar-refractivity contribution is 7.17. The summed E-state index contributed by atoms with van der Waals surface area (Å²) in [6, 6.07) is 13.3. The number of ether oxygens (including phenoxy) is 3. The van der Waals surface area contributed by atoms with Crippen LogP contribution in [-0.2, 0) is 0 Å². The maximum atomic E-state index is 13.8. The van der Waals surface area contributed by atoms with E-state index in [0.717, 1.165) is 28.8 Å². The Balaban J connectivity index is 1.63. The van der Waals surface area contributed by atoms with E-state index in [1.165, 1.54) is 11.3 Å². The van der Waals surface area contributed by atoms with Crippen molar-refractivity contribution >= 4 is 17.2 Å². The van der Waals surface area contributed by atoms with E-state index in [4.69, 9.17) is 14.2 Å². The number of amides is 1. The van der Waals surface area contributed by atoms with Gasteiger partial charge in [0.25, 0.3) is 11.1 Å². The van der Waals surface area contributed by atoms with Gasteiger partial charge in [0.1, 0.15) is 0 Å². The molecule has 1 unspecified atom stereocenters. The number of thiazole rings is 1. The van der Waals surface area contributed by atoms with Crippen LogP contribution in [0.3, 0.4) is 0 Å². The van der Waals surface area contributed by atoms with Crippen LogP contribution < -0.4 is 14.2 Å². The number of carbonyl (C=O) groups is 1. The lowest BCUT2D eigenvalue weighted by Gasteiger charge is -2.25. The summed E-state index contributed by atoms with van der Waals surface area (Å²) in [7, 11) is 4.67. The molecule has 1 atom stereocenters. The molecule has 0 bridgehead atoms. The zero-order valence-corrected chi connectivity index (χ0v) is 20.7. The van der Waals surface area contributed by atoms with Gasteiger partial charge in [-0.05, 0) is 48.9 Å². The van der Waals surface area contributed by atoms with Crippen molar-refractivity contribution in [3.63, 3.8) is 0 Å². The molecular formula is C26H30N2O5S. The van der Waals surface area contributed by atoms with Gasteiger partial charge in [0.05, 0.1) is 38.9 Å². The first-order valence-corrected chi connectivity index (χ1v) is 12.1. The molecule has 1 N–H and O–H groups in total. The monoisotopic (exact) mass is 482 g/mol. The van der Waals surface area contributed by atoms with Crippen molar-refractivity contribution in [1.29, 1.82) is 0 Å². The molecule has 0 saturated heterocycles. The molecule has 4 rings (SSSR count). The third-order valence-corrected chi connectivity index (χ3v) is 6.98. The van der Waals surface area contributed by atoms with Crippen molar-refractivity contribution in [2.24, 2.45) is 5.92 Å². The van der Waals surface area contributed by atoms with Gasteiger partial charge in [-0.2, -0.15) is 4.98 Å². The van der Waals surface area contributed by atoms with Crippen LogP contribution in [-0.4, -0.2) is 55.3 Å². The lowest BCUT2D eigenvalue weighted by Crippen LogP contribution is -2.37. The number of carbonyl (C=O) groups excluding carboxylic acids is 1. The van der Waals surface area contributed by atoms with E-state index >= 15 is 0 Å². The molecule has 0 aliphatic heterocycles. The highest BCUT2D eigenvalue weighted by Crippen LogP contribution is 2.37. The SMILES string of the molecule is COc1nc(C(=O)N(CC2CC2)CC(O)c2ccc(OC)c(OC)c2)c(-c2cccc(C)c2)s1. The quantitative estimate of drug-likeness (QED) is 0.450. The fourth-order valence-electron chi connectivity index (χ4n) is 3.89. The first-order chi connectivity index (χ1) is 16.4. The number of aromatic nitrogens is 1. The zero-order chi connectivity index (χ0) is 24.2. The minimum absolute atomic E-state index is 0.151. The van der Waals surface area contributed by atoms with Crippen LogP contribution in [0, 0.1) is 12.8 Å². The Bertz CT molecular complexity index is 1160. The predicted octanol–water partition coefficient (Wildman–Crippen LogP) is 4.73. The molecule has 1 saturated carbocycles. The zero-order valence-electron chi connectivity index (χ0n) is 19.9. The molecule has 34 heavy (non-hydrogen) atoms. The third kappa shape index (κ3) is 5.34. The highest BCUT2D eigenvalue weighted by Gasteiger charge is 2.32. The molecule has 1 aromatic heterocycles. The average Bonchev–Trinajstić information content (AvgIpc) is 3.57. The number of aliphatic hydroxyl groups excluding tert-OH is 1. The summed E-state index contributed by atoms with van der Waals surface area (Å²) in [5.41, 5.74) is 3.03. The van der Waals surface area contributed by atoms with Crippen molar-refractivity contribution in [2.45, 2.75) is 25.9 Å². The summed E-state index contributed by atoms with van der Waals surface area (Å²) in [6.45, 7) is 2.75. The van der Waals surface area contributed by atoms with E-state index < -0.39 is 6.10 Å². The maximum Gasteiger partial charge on any atom is 0.274 e.